The number of hydrogen-bond acceptors (Lipinski definition) is 1. The number of rotatable bonds is 3. The summed E-state index contributed by atoms with van der Waals surface area (Å²) >= 11 is 1.27. The van der Waals surface area contributed by atoms with Gasteiger partial charge in [0.1, 0.15) is 0 Å². The van der Waals surface area contributed by atoms with E-state index in [1.54, 1.807) is 5.92 Å². The van der Waals surface area contributed by atoms with Crippen LogP contribution in [0.1, 0.15) is 19.8 Å². The molecule has 0 heterocycles. The van der Waals surface area contributed by atoms with Gasteiger partial charge in [-0.15, -0.1) is 0 Å². The zero-order valence-electron chi connectivity index (χ0n) is 5.86. The maximum Gasteiger partial charge on any atom is 0.299 e. The van der Waals surface area contributed by atoms with E-state index in [4.69, 9.17) is 0 Å². The molecule has 0 aromatic rings. The van der Waals surface area contributed by atoms with Crippen LogP contribution < -0.4 is 0 Å². The molecule has 0 spiro atoms. The van der Waals surface area contributed by atoms with E-state index in [1.165, 1.54) is 11.8 Å². The molecule has 0 radical (unpaired) electrons. The van der Waals surface area contributed by atoms with Crippen LogP contribution in [0.25, 0.3) is 0 Å². The highest BCUT2D eigenvalue weighted by atomic mass is 32.2. The molecule has 0 aromatic heterocycles. The van der Waals surface area contributed by atoms with E-state index in [9.17, 15) is 8.78 Å². The van der Waals surface area contributed by atoms with Gasteiger partial charge in [0.15, 0.2) is 0 Å². The van der Waals surface area contributed by atoms with Crippen LogP contribution in [0.4, 0.5) is 8.78 Å². The van der Waals surface area contributed by atoms with Crippen molar-refractivity contribution in [2.45, 2.75) is 26.2 Å². The lowest BCUT2D eigenvalue weighted by Gasteiger charge is -1.87. The van der Waals surface area contributed by atoms with Gasteiger partial charge >= 0.3 is 0 Å². The van der Waals surface area contributed by atoms with Crippen molar-refractivity contribution in [1.82, 2.24) is 0 Å². The van der Waals surface area contributed by atoms with Crippen LogP contribution in [0.15, 0.2) is 0 Å². The van der Waals surface area contributed by atoms with Gasteiger partial charge in [-0.25, -0.2) is 0 Å². The summed E-state index contributed by atoms with van der Waals surface area (Å²) in [6, 6.07) is 0. The summed E-state index contributed by atoms with van der Waals surface area (Å²) in [5, 5.41) is 2.34. The zero-order valence-corrected chi connectivity index (χ0v) is 6.68. The van der Waals surface area contributed by atoms with E-state index < -0.39 is 6.43 Å². The van der Waals surface area contributed by atoms with Crippen LogP contribution in [-0.4, -0.2) is 12.2 Å². The van der Waals surface area contributed by atoms with Gasteiger partial charge in [0.05, 0.1) is 0 Å². The lowest BCUT2D eigenvalue weighted by molar-refractivity contribution is 0.215. The summed E-state index contributed by atoms with van der Waals surface area (Å²) in [6.45, 7) is 2.06. The highest BCUT2D eigenvalue weighted by molar-refractivity contribution is 8.03. The Hall–Kier alpha value is -0.230. The van der Waals surface area contributed by atoms with Gasteiger partial charge in [0.2, 0.25) is 0 Å². The minimum Gasteiger partial charge on any atom is -0.196 e. The van der Waals surface area contributed by atoms with Gasteiger partial charge < -0.3 is 0 Å². The Kier molecular flexibility index (Phi) is 6.73. The largest absolute Gasteiger partial charge is 0.299 e. The normalized spacial score (nSPS) is 9.20. The molecule has 0 aromatic carbocycles. The molecule has 0 nitrogen and oxygen atoms in total. The van der Waals surface area contributed by atoms with E-state index >= 15 is 0 Å². The molecule has 0 saturated heterocycles. The first-order valence-electron chi connectivity index (χ1n) is 3.18. The third-order valence-corrected chi connectivity index (χ3v) is 1.60. The molecule has 0 amide bonds. The van der Waals surface area contributed by atoms with Crippen molar-refractivity contribution in [3.05, 3.63) is 0 Å². The van der Waals surface area contributed by atoms with E-state index in [2.05, 4.69) is 12.2 Å². The topological polar surface area (TPSA) is 0 Å². The standard InChI is InChI=1S/C7H10F2S/c1-2-3-5-10-6-4-7(8)9/h7H,2-3,5H2,1H3. The van der Waals surface area contributed by atoms with Crippen LogP contribution >= 0.6 is 11.8 Å². The van der Waals surface area contributed by atoms with Gasteiger partial charge in [-0.3, -0.25) is 0 Å². The highest BCUT2D eigenvalue weighted by Gasteiger charge is 1.90. The molecule has 3 heteroatoms. The van der Waals surface area contributed by atoms with Crippen molar-refractivity contribution >= 4 is 11.8 Å². The van der Waals surface area contributed by atoms with E-state index in [1.807, 2.05) is 0 Å². The van der Waals surface area contributed by atoms with Crippen molar-refractivity contribution in [1.29, 1.82) is 0 Å². The third-order valence-electron chi connectivity index (χ3n) is 0.840. The van der Waals surface area contributed by atoms with Crippen LogP contribution in [0, 0.1) is 11.2 Å². The molecule has 0 aliphatic heterocycles. The number of halogens is 2. The Morgan fingerprint density at radius 3 is 2.70 bits per heavy atom. The molecule has 0 bridgehead atoms. The Bertz CT molecular complexity index is 123. The SMILES string of the molecule is CCCCSC#CC(F)F. The lowest BCUT2D eigenvalue weighted by atomic mass is 10.4. The fourth-order valence-corrected chi connectivity index (χ4v) is 1.06. The van der Waals surface area contributed by atoms with Crippen molar-refractivity contribution < 1.29 is 8.78 Å². The first-order valence-corrected chi connectivity index (χ1v) is 4.16. The summed E-state index contributed by atoms with van der Waals surface area (Å²) < 4.78 is 22.7. The van der Waals surface area contributed by atoms with Crippen LogP contribution in [-0.2, 0) is 0 Å². The molecular formula is C7H10F2S. The summed E-state index contributed by atoms with van der Waals surface area (Å²) in [5.74, 6) is 2.64. The fraction of sp³-hybridized carbons (Fsp3) is 0.714. The summed E-state index contributed by atoms with van der Waals surface area (Å²) in [6.07, 6.45) is -0.347. The molecule has 0 saturated carbocycles. The second-order valence-electron chi connectivity index (χ2n) is 1.75. The van der Waals surface area contributed by atoms with Crippen molar-refractivity contribution in [3.8, 4) is 11.2 Å². The summed E-state index contributed by atoms with van der Waals surface area (Å²) in [7, 11) is 0. The smallest absolute Gasteiger partial charge is 0.196 e. The average molecular weight is 164 g/mol. The maximum atomic E-state index is 11.4. The number of hydrogen-bond donors (Lipinski definition) is 0. The second-order valence-corrected chi connectivity index (χ2v) is 2.65. The predicted octanol–water partition coefficient (Wildman–Crippen LogP) is 2.75. The predicted molar refractivity (Wildman–Crippen MR) is 41.1 cm³/mol. The van der Waals surface area contributed by atoms with E-state index in [0.717, 1.165) is 18.6 Å². The average Bonchev–Trinajstić information content (AvgIpc) is 1.87. The van der Waals surface area contributed by atoms with Gasteiger partial charge in [-0.05, 0) is 17.6 Å². The van der Waals surface area contributed by atoms with Crippen LogP contribution in [0.3, 0.4) is 0 Å². The van der Waals surface area contributed by atoms with Crippen molar-refractivity contribution in [2.24, 2.45) is 0 Å². The zero-order chi connectivity index (χ0) is 7.82. The van der Waals surface area contributed by atoms with E-state index in [0.29, 0.717) is 0 Å². The molecule has 0 N–H and O–H groups in total. The minimum absolute atomic E-state index is 0.857. The minimum atomic E-state index is -2.48. The quantitative estimate of drug-likeness (QED) is 0.456. The molecule has 0 rings (SSSR count). The molecule has 0 fully saturated rings. The van der Waals surface area contributed by atoms with Gasteiger partial charge in [-0.2, -0.15) is 8.78 Å². The Labute approximate surface area is 64.4 Å². The van der Waals surface area contributed by atoms with Crippen LogP contribution in [0.2, 0.25) is 0 Å². The van der Waals surface area contributed by atoms with Gasteiger partial charge in [-0.1, -0.05) is 25.1 Å². The van der Waals surface area contributed by atoms with Crippen LogP contribution in [0.5, 0.6) is 0 Å². The summed E-state index contributed by atoms with van der Waals surface area (Å²) in [5.41, 5.74) is 0. The Morgan fingerprint density at radius 2 is 2.20 bits per heavy atom. The molecule has 58 valence electrons. The fourth-order valence-electron chi connectivity index (χ4n) is 0.354. The number of thioether (sulfide) groups is 1. The van der Waals surface area contributed by atoms with Crippen molar-refractivity contribution in [2.75, 3.05) is 5.75 Å². The lowest BCUT2D eigenvalue weighted by Crippen LogP contribution is -1.80. The van der Waals surface area contributed by atoms with Gasteiger partial charge in [0.25, 0.3) is 6.43 Å². The van der Waals surface area contributed by atoms with Crippen molar-refractivity contribution in [3.63, 3.8) is 0 Å². The summed E-state index contributed by atoms with van der Waals surface area (Å²) in [4.78, 5) is 0. The molecule has 0 atom stereocenters. The van der Waals surface area contributed by atoms with E-state index in [-0.39, 0.29) is 0 Å². The molecule has 0 aliphatic rings. The highest BCUT2D eigenvalue weighted by Crippen LogP contribution is 2.02. The maximum absolute atomic E-state index is 11.4. The second kappa shape index (κ2) is 6.88. The number of unbranched alkanes of at least 4 members (excludes halogenated alkanes) is 1. The van der Waals surface area contributed by atoms with Gasteiger partial charge in [0, 0.05) is 5.75 Å². The molecule has 0 unspecified atom stereocenters. The molecule has 10 heavy (non-hydrogen) atoms. The first kappa shape index (κ1) is 9.77. The monoisotopic (exact) mass is 164 g/mol. The Morgan fingerprint density at radius 1 is 1.50 bits per heavy atom. The number of alkyl halides is 2. The molecule has 0 aliphatic carbocycles. The third kappa shape index (κ3) is 7.77. The first-order chi connectivity index (χ1) is 4.77. The Balaban J connectivity index is 3.12. The molecular weight excluding hydrogens is 154 g/mol.